The van der Waals surface area contributed by atoms with Gasteiger partial charge in [0.25, 0.3) is 5.91 Å². The fraction of sp³-hybridized carbons (Fsp3) is 0.229. The molecule has 2 aromatic heterocycles. The molecule has 1 aliphatic rings. The van der Waals surface area contributed by atoms with Gasteiger partial charge < -0.3 is 24.5 Å². The highest BCUT2D eigenvalue weighted by atomic mass is 35.5. The van der Waals surface area contributed by atoms with E-state index in [9.17, 15) is 9.90 Å². The molecule has 8 nitrogen and oxygen atoms in total. The van der Waals surface area contributed by atoms with Gasteiger partial charge in [0.15, 0.2) is 11.4 Å². The Bertz CT molecular complexity index is 1750. The molecule has 0 radical (unpaired) electrons. The minimum Gasteiger partial charge on any atom is -0.392 e. The summed E-state index contributed by atoms with van der Waals surface area (Å²) in [4.78, 5) is 20.8. The minimum atomic E-state index is -0.644. The number of hydrogen-bond acceptors (Lipinski definition) is 6. The molecule has 0 bridgehead atoms. The third-order valence-electron chi connectivity index (χ3n) is 8.11. The zero-order valence-electron chi connectivity index (χ0n) is 24.5. The number of nitrogens with zero attached hydrogens (tertiary/aromatic N) is 3. The van der Waals surface area contributed by atoms with Crippen molar-refractivity contribution in [2.24, 2.45) is 5.92 Å². The molecule has 0 saturated carbocycles. The summed E-state index contributed by atoms with van der Waals surface area (Å²) < 4.78 is 14.9. The van der Waals surface area contributed by atoms with Gasteiger partial charge in [-0.3, -0.25) is 9.78 Å². The highest BCUT2D eigenvalue weighted by molar-refractivity contribution is 6.40. The maximum absolute atomic E-state index is 12.6. The van der Waals surface area contributed by atoms with Gasteiger partial charge in [0.1, 0.15) is 5.15 Å². The molecular weight excluding hydrogens is 611 g/mol. The van der Waals surface area contributed by atoms with Crippen LogP contribution in [-0.4, -0.2) is 31.7 Å². The SMILES string of the molecule is C[C@@H]1[C@H](Cn2cnc(Cl)c2Cl)O[C@H](c2ccc(-c3ccccc3CNC(=O)c3cccnc3)cc2)O[C@@H]1c1ccc(CO)cc1. The maximum atomic E-state index is 12.6. The lowest BCUT2D eigenvalue weighted by Crippen LogP contribution is -2.39. The van der Waals surface area contributed by atoms with E-state index in [2.05, 4.69) is 22.2 Å². The molecule has 1 fully saturated rings. The molecule has 4 atom stereocenters. The summed E-state index contributed by atoms with van der Waals surface area (Å²) in [7, 11) is 0. The largest absolute Gasteiger partial charge is 0.392 e. The van der Waals surface area contributed by atoms with E-state index in [4.69, 9.17) is 32.7 Å². The average Bonchev–Trinajstić information content (AvgIpc) is 3.41. The molecule has 3 aromatic carbocycles. The molecule has 6 rings (SSSR count). The summed E-state index contributed by atoms with van der Waals surface area (Å²) in [5.74, 6) is -0.213. The third-order valence-corrected chi connectivity index (χ3v) is 8.88. The van der Waals surface area contributed by atoms with Crippen LogP contribution in [0, 0.1) is 5.92 Å². The average molecular weight is 644 g/mol. The Hall–Kier alpha value is -4.05. The van der Waals surface area contributed by atoms with Gasteiger partial charge in [0, 0.05) is 30.4 Å². The van der Waals surface area contributed by atoms with Gasteiger partial charge in [-0.15, -0.1) is 0 Å². The van der Waals surface area contributed by atoms with Crippen LogP contribution in [0.2, 0.25) is 10.3 Å². The number of rotatable bonds is 9. The Morgan fingerprint density at radius 3 is 2.40 bits per heavy atom. The minimum absolute atomic E-state index is 0.0258. The number of ether oxygens (including phenoxy) is 2. The van der Waals surface area contributed by atoms with E-state index >= 15 is 0 Å². The predicted octanol–water partition coefficient (Wildman–Crippen LogP) is 7.17. The van der Waals surface area contributed by atoms with Gasteiger partial charge in [-0.05, 0) is 39.9 Å². The van der Waals surface area contributed by atoms with Gasteiger partial charge in [-0.1, -0.05) is 103 Å². The van der Waals surface area contributed by atoms with Crippen LogP contribution in [0.15, 0.2) is 104 Å². The summed E-state index contributed by atoms with van der Waals surface area (Å²) in [6, 6.07) is 27.3. The number of carbonyl (C=O) groups is 1. The second-order valence-corrected chi connectivity index (χ2v) is 11.7. The van der Waals surface area contributed by atoms with Crippen LogP contribution in [0.4, 0.5) is 0 Å². The van der Waals surface area contributed by atoms with Crippen molar-refractivity contribution in [1.29, 1.82) is 0 Å². The number of aliphatic hydroxyl groups excluding tert-OH is 1. The number of halogens is 2. The summed E-state index contributed by atoms with van der Waals surface area (Å²) in [5.41, 5.74) is 6.21. The predicted molar refractivity (Wildman–Crippen MR) is 173 cm³/mol. The fourth-order valence-corrected chi connectivity index (χ4v) is 5.86. The van der Waals surface area contributed by atoms with Crippen LogP contribution < -0.4 is 5.32 Å². The summed E-state index contributed by atoms with van der Waals surface area (Å²) in [6.45, 7) is 2.88. The molecule has 5 aromatic rings. The summed E-state index contributed by atoms with van der Waals surface area (Å²) in [6.07, 6.45) is 3.62. The lowest BCUT2D eigenvalue weighted by Gasteiger charge is -2.41. The van der Waals surface area contributed by atoms with Crippen molar-refractivity contribution in [3.05, 3.63) is 142 Å². The highest BCUT2D eigenvalue weighted by Gasteiger charge is 2.39. The van der Waals surface area contributed by atoms with E-state index in [-0.39, 0.29) is 35.8 Å². The smallest absolute Gasteiger partial charge is 0.253 e. The van der Waals surface area contributed by atoms with Crippen molar-refractivity contribution in [2.75, 3.05) is 0 Å². The number of pyridine rings is 1. The zero-order valence-corrected chi connectivity index (χ0v) is 26.0. The molecule has 2 N–H and O–H groups in total. The van der Waals surface area contributed by atoms with Gasteiger partial charge in [0.05, 0.1) is 37.3 Å². The Morgan fingerprint density at radius 1 is 0.956 bits per heavy atom. The Labute approximate surface area is 271 Å². The lowest BCUT2D eigenvalue weighted by molar-refractivity contribution is -0.276. The zero-order chi connectivity index (χ0) is 31.3. The second kappa shape index (κ2) is 13.9. The van der Waals surface area contributed by atoms with Gasteiger partial charge >= 0.3 is 0 Å². The number of hydrogen-bond donors (Lipinski definition) is 2. The molecule has 0 aliphatic carbocycles. The Morgan fingerprint density at radius 2 is 1.71 bits per heavy atom. The standard InChI is InChI=1S/C35H32Cl2N4O4/c1-22-30(19-41-21-40-32(36)33(41)37)44-35(45-31(22)25-10-8-23(20-42)9-11-25)26-14-12-24(13-15-26)29-7-3-2-5-27(29)18-39-34(43)28-6-4-16-38-17-28/h2-17,21-22,30-31,35,42H,18-20H2,1H3,(H,39,43)/t22-,30+,31+,35+/m1/s1. The van der Waals surface area contributed by atoms with E-state index in [1.807, 2.05) is 72.8 Å². The molecule has 1 amide bonds. The molecule has 0 unspecified atom stereocenters. The number of aromatic nitrogens is 3. The maximum Gasteiger partial charge on any atom is 0.253 e. The first-order valence-corrected chi connectivity index (χ1v) is 15.4. The first-order chi connectivity index (χ1) is 21.9. The Kier molecular flexibility index (Phi) is 9.59. The van der Waals surface area contributed by atoms with Gasteiger partial charge in [0.2, 0.25) is 0 Å². The summed E-state index contributed by atoms with van der Waals surface area (Å²) in [5, 5.41) is 13.1. The van der Waals surface area contributed by atoms with Crippen LogP contribution in [0.25, 0.3) is 11.1 Å². The topological polar surface area (TPSA) is 98.5 Å². The van der Waals surface area contributed by atoms with Crippen molar-refractivity contribution >= 4 is 29.1 Å². The molecule has 10 heteroatoms. The van der Waals surface area contributed by atoms with Crippen LogP contribution in [0.1, 0.15) is 51.9 Å². The van der Waals surface area contributed by atoms with Crippen molar-refractivity contribution in [3.8, 4) is 11.1 Å². The van der Waals surface area contributed by atoms with E-state index in [0.29, 0.717) is 23.8 Å². The number of aliphatic hydroxyl groups is 1. The van der Waals surface area contributed by atoms with E-state index in [1.165, 1.54) is 0 Å². The Balaban J connectivity index is 1.24. The lowest BCUT2D eigenvalue weighted by atomic mass is 9.90. The summed E-state index contributed by atoms with van der Waals surface area (Å²) >= 11 is 12.5. The fourth-order valence-electron chi connectivity index (χ4n) is 5.54. The molecule has 3 heterocycles. The second-order valence-electron chi connectivity index (χ2n) is 11.0. The van der Waals surface area contributed by atoms with Crippen LogP contribution >= 0.6 is 23.2 Å². The molecular formula is C35H32Cl2N4O4. The van der Waals surface area contributed by atoms with Crippen molar-refractivity contribution in [1.82, 2.24) is 19.9 Å². The van der Waals surface area contributed by atoms with Crippen molar-refractivity contribution < 1.29 is 19.4 Å². The van der Waals surface area contributed by atoms with Gasteiger partial charge in [-0.25, -0.2) is 4.98 Å². The quantitative estimate of drug-likeness (QED) is 0.177. The number of benzene rings is 3. The van der Waals surface area contributed by atoms with Crippen LogP contribution in [0.5, 0.6) is 0 Å². The number of nitrogens with one attached hydrogen (secondary N) is 1. The normalized spacial score (nSPS) is 19.7. The van der Waals surface area contributed by atoms with Crippen molar-refractivity contribution in [3.63, 3.8) is 0 Å². The molecule has 45 heavy (non-hydrogen) atoms. The van der Waals surface area contributed by atoms with E-state index < -0.39 is 6.29 Å². The molecule has 0 spiro atoms. The molecule has 1 aliphatic heterocycles. The number of imidazole rings is 1. The van der Waals surface area contributed by atoms with Crippen LogP contribution in [0.3, 0.4) is 0 Å². The third kappa shape index (κ3) is 6.96. The van der Waals surface area contributed by atoms with Crippen molar-refractivity contribution in [2.45, 2.75) is 45.1 Å². The number of carbonyl (C=O) groups excluding carboxylic acids is 1. The number of amides is 1. The monoisotopic (exact) mass is 642 g/mol. The van der Waals surface area contributed by atoms with E-state index in [1.54, 1.807) is 35.4 Å². The molecule has 230 valence electrons. The highest BCUT2D eigenvalue weighted by Crippen LogP contribution is 2.42. The van der Waals surface area contributed by atoms with Crippen LogP contribution in [-0.2, 0) is 29.2 Å². The van der Waals surface area contributed by atoms with Gasteiger partial charge in [-0.2, -0.15) is 0 Å². The molecule has 1 saturated heterocycles. The first kappa shape index (κ1) is 31.0. The van der Waals surface area contributed by atoms with E-state index in [0.717, 1.165) is 33.4 Å². The first-order valence-electron chi connectivity index (χ1n) is 14.6.